The van der Waals surface area contributed by atoms with Gasteiger partial charge in [0.05, 0.1) is 0 Å². The van der Waals surface area contributed by atoms with Crippen LogP contribution in [0.2, 0.25) is 0 Å². The number of benzene rings is 1. The molecule has 82 valence electrons. The second kappa shape index (κ2) is 3.97. The Balaban J connectivity index is 2.54. The Hall–Kier alpha value is -0.820. The molecule has 0 saturated heterocycles. The summed E-state index contributed by atoms with van der Waals surface area (Å²) < 4.78 is 0. The van der Waals surface area contributed by atoms with Crippen molar-refractivity contribution in [1.29, 1.82) is 0 Å². The SMILES string of the molecule is Cc1ccc(C)c2c1CNCC2C(C)C. The van der Waals surface area contributed by atoms with Crippen molar-refractivity contribution < 1.29 is 0 Å². The number of rotatable bonds is 1. The van der Waals surface area contributed by atoms with Crippen LogP contribution in [0.25, 0.3) is 0 Å². The van der Waals surface area contributed by atoms with Gasteiger partial charge in [0.15, 0.2) is 0 Å². The highest BCUT2D eigenvalue weighted by molar-refractivity contribution is 5.44. The van der Waals surface area contributed by atoms with E-state index in [-0.39, 0.29) is 0 Å². The van der Waals surface area contributed by atoms with E-state index in [0.717, 1.165) is 19.0 Å². The molecule has 1 aliphatic heterocycles. The Morgan fingerprint density at radius 2 is 1.87 bits per heavy atom. The van der Waals surface area contributed by atoms with Crippen LogP contribution in [0.3, 0.4) is 0 Å². The third-order valence-electron chi connectivity index (χ3n) is 3.65. The smallest absolute Gasteiger partial charge is 0.0211 e. The molecule has 1 aromatic rings. The van der Waals surface area contributed by atoms with Gasteiger partial charge in [-0.05, 0) is 47.9 Å². The Kier molecular flexibility index (Phi) is 2.83. The zero-order valence-electron chi connectivity index (χ0n) is 10.2. The van der Waals surface area contributed by atoms with E-state index in [1.54, 1.807) is 11.1 Å². The molecule has 1 unspecified atom stereocenters. The minimum Gasteiger partial charge on any atom is -0.312 e. The second-order valence-corrected chi connectivity index (χ2v) is 5.07. The van der Waals surface area contributed by atoms with E-state index in [0.29, 0.717) is 5.92 Å². The van der Waals surface area contributed by atoms with Gasteiger partial charge in [0.1, 0.15) is 0 Å². The lowest BCUT2D eigenvalue weighted by molar-refractivity contribution is 0.433. The molecule has 0 aromatic heterocycles. The summed E-state index contributed by atoms with van der Waals surface area (Å²) in [6.45, 7) is 11.3. The average Bonchev–Trinajstić information content (AvgIpc) is 2.23. The van der Waals surface area contributed by atoms with Gasteiger partial charge in [0.2, 0.25) is 0 Å². The summed E-state index contributed by atoms with van der Waals surface area (Å²) in [5.74, 6) is 1.41. The molecule has 1 nitrogen and oxygen atoms in total. The van der Waals surface area contributed by atoms with Crippen LogP contribution >= 0.6 is 0 Å². The first-order valence-electron chi connectivity index (χ1n) is 5.91. The van der Waals surface area contributed by atoms with E-state index in [1.807, 2.05) is 0 Å². The van der Waals surface area contributed by atoms with Crippen LogP contribution < -0.4 is 5.32 Å². The quantitative estimate of drug-likeness (QED) is 0.739. The average molecular weight is 203 g/mol. The maximum Gasteiger partial charge on any atom is 0.0211 e. The molecular formula is C14H21N. The van der Waals surface area contributed by atoms with Crippen molar-refractivity contribution in [1.82, 2.24) is 5.32 Å². The first-order valence-corrected chi connectivity index (χ1v) is 5.91. The lowest BCUT2D eigenvalue weighted by Crippen LogP contribution is -2.32. The summed E-state index contributed by atoms with van der Waals surface area (Å²) in [6, 6.07) is 4.52. The van der Waals surface area contributed by atoms with Crippen molar-refractivity contribution in [2.24, 2.45) is 5.92 Å². The maximum atomic E-state index is 3.54. The number of fused-ring (bicyclic) bond motifs is 1. The molecule has 0 aliphatic carbocycles. The Labute approximate surface area is 92.9 Å². The molecular weight excluding hydrogens is 182 g/mol. The third kappa shape index (κ3) is 1.81. The normalized spacial score (nSPS) is 20.5. The minimum absolute atomic E-state index is 0.689. The fraction of sp³-hybridized carbons (Fsp3) is 0.571. The number of nitrogens with one attached hydrogen (secondary N) is 1. The van der Waals surface area contributed by atoms with Crippen LogP contribution in [0.5, 0.6) is 0 Å². The van der Waals surface area contributed by atoms with Crippen LogP contribution in [0.4, 0.5) is 0 Å². The number of hydrogen-bond donors (Lipinski definition) is 1. The van der Waals surface area contributed by atoms with Crippen molar-refractivity contribution in [3.63, 3.8) is 0 Å². The molecule has 0 bridgehead atoms. The molecule has 1 N–H and O–H groups in total. The summed E-state index contributed by atoms with van der Waals surface area (Å²) in [6.07, 6.45) is 0. The van der Waals surface area contributed by atoms with E-state index in [9.17, 15) is 0 Å². The predicted octanol–water partition coefficient (Wildman–Crippen LogP) is 3.15. The maximum absolute atomic E-state index is 3.54. The molecule has 0 amide bonds. The van der Waals surface area contributed by atoms with Crippen LogP contribution in [0.15, 0.2) is 12.1 Å². The summed E-state index contributed by atoms with van der Waals surface area (Å²) in [5.41, 5.74) is 6.06. The lowest BCUT2D eigenvalue weighted by Gasteiger charge is -2.32. The Morgan fingerprint density at radius 1 is 1.20 bits per heavy atom. The minimum atomic E-state index is 0.689. The van der Waals surface area contributed by atoms with Crippen molar-refractivity contribution in [3.05, 3.63) is 34.4 Å². The first-order chi connectivity index (χ1) is 7.11. The molecule has 1 heterocycles. The highest BCUT2D eigenvalue weighted by Gasteiger charge is 2.24. The van der Waals surface area contributed by atoms with Gasteiger partial charge in [-0.3, -0.25) is 0 Å². The molecule has 0 radical (unpaired) electrons. The standard InChI is InChI=1S/C14H21N/c1-9(2)12-7-15-8-13-10(3)5-6-11(4)14(12)13/h5-6,9,12,15H,7-8H2,1-4H3. The van der Waals surface area contributed by atoms with E-state index < -0.39 is 0 Å². The van der Waals surface area contributed by atoms with E-state index in [4.69, 9.17) is 0 Å². The molecule has 1 aromatic carbocycles. The van der Waals surface area contributed by atoms with Crippen LogP contribution in [-0.4, -0.2) is 6.54 Å². The lowest BCUT2D eigenvalue weighted by atomic mass is 9.79. The monoisotopic (exact) mass is 203 g/mol. The predicted molar refractivity (Wildman–Crippen MR) is 65.2 cm³/mol. The van der Waals surface area contributed by atoms with Crippen molar-refractivity contribution in [3.8, 4) is 0 Å². The first kappa shape index (κ1) is 10.7. The van der Waals surface area contributed by atoms with E-state index >= 15 is 0 Å². The van der Waals surface area contributed by atoms with Crippen LogP contribution in [0.1, 0.15) is 42.0 Å². The molecule has 1 atom stereocenters. The van der Waals surface area contributed by atoms with Gasteiger partial charge in [0.25, 0.3) is 0 Å². The van der Waals surface area contributed by atoms with E-state index in [1.165, 1.54) is 11.1 Å². The zero-order valence-corrected chi connectivity index (χ0v) is 10.2. The van der Waals surface area contributed by atoms with Crippen molar-refractivity contribution in [2.75, 3.05) is 6.54 Å². The van der Waals surface area contributed by atoms with Gasteiger partial charge in [-0.15, -0.1) is 0 Å². The van der Waals surface area contributed by atoms with E-state index in [2.05, 4.69) is 45.1 Å². The van der Waals surface area contributed by atoms with Crippen molar-refractivity contribution in [2.45, 2.75) is 40.2 Å². The summed E-state index contributed by atoms with van der Waals surface area (Å²) in [5, 5.41) is 3.54. The van der Waals surface area contributed by atoms with Crippen LogP contribution in [0, 0.1) is 19.8 Å². The fourth-order valence-corrected chi connectivity index (χ4v) is 2.67. The second-order valence-electron chi connectivity index (χ2n) is 5.07. The van der Waals surface area contributed by atoms with Gasteiger partial charge >= 0.3 is 0 Å². The third-order valence-corrected chi connectivity index (χ3v) is 3.65. The number of aryl methyl sites for hydroxylation is 2. The largest absolute Gasteiger partial charge is 0.312 e. The molecule has 2 rings (SSSR count). The summed E-state index contributed by atoms with van der Waals surface area (Å²) in [4.78, 5) is 0. The Morgan fingerprint density at radius 3 is 2.53 bits per heavy atom. The van der Waals surface area contributed by atoms with Crippen LogP contribution in [-0.2, 0) is 6.54 Å². The Bertz CT molecular complexity index is 366. The molecule has 0 spiro atoms. The fourth-order valence-electron chi connectivity index (χ4n) is 2.67. The van der Waals surface area contributed by atoms with Crippen molar-refractivity contribution >= 4 is 0 Å². The molecule has 1 aliphatic rings. The molecule has 0 fully saturated rings. The zero-order chi connectivity index (χ0) is 11.0. The highest BCUT2D eigenvalue weighted by Crippen LogP contribution is 2.33. The summed E-state index contributed by atoms with van der Waals surface area (Å²) in [7, 11) is 0. The van der Waals surface area contributed by atoms with Gasteiger partial charge in [-0.2, -0.15) is 0 Å². The van der Waals surface area contributed by atoms with Gasteiger partial charge < -0.3 is 5.32 Å². The molecule has 0 saturated carbocycles. The summed E-state index contributed by atoms with van der Waals surface area (Å²) >= 11 is 0. The van der Waals surface area contributed by atoms with Gasteiger partial charge in [0, 0.05) is 13.1 Å². The highest BCUT2D eigenvalue weighted by atomic mass is 14.9. The van der Waals surface area contributed by atoms with Gasteiger partial charge in [-0.1, -0.05) is 26.0 Å². The number of hydrogen-bond acceptors (Lipinski definition) is 1. The molecule has 15 heavy (non-hydrogen) atoms. The topological polar surface area (TPSA) is 12.0 Å². The molecule has 1 heteroatoms. The van der Waals surface area contributed by atoms with Gasteiger partial charge in [-0.25, -0.2) is 0 Å².